The number of aromatic amines is 1. The molecule has 6 nitrogen and oxygen atoms in total. The lowest BCUT2D eigenvalue weighted by Crippen LogP contribution is -2.20. The number of benzene rings is 2. The molecule has 1 N–H and O–H groups in total. The Labute approximate surface area is 188 Å². The number of halogens is 1. The first kappa shape index (κ1) is 22.1. The van der Waals surface area contributed by atoms with Crippen LogP contribution in [0.3, 0.4) is 0 Å². The van der Waals surface area contributed by atoms with Gasteiger partial charge in [0, 0.05) is 19.0 Å². The molecule has 0 bridgehead atoms. The van der Waals surface area contributed by atoms with Crippen molar-refractivity contribution in [1.82, 2.24) is 15.1 Å². The maximum Gasteiger partial charge on any atom is 0.161 e. The zero-order chi connectivity index (χ0) is 22.5. The van der Waals surface area contributed by atoms with Gasteiger partial charge in [-0.3, -0.25) is 10.00 Å². The molecule has 1 fully saturated rings. The van der Waals surface area contributed by atoms with Crippen LogP contribution in [0.15, 0.2) is 48.5 Å². The van der Waals surface area contributed by atoms with Crippen LogP contribution in [-0.2, 0) is 13.2 Å². The van der Waals surface area contributed by atoms with Gasteiger partial charge in [0.2, 0.25) is 0 Å². The van der Waals surface area contributed by atoms with Crippen molar-refractivity contribution in [1.29, 1.82) is 0 Å². The summed E-state index contributed by atoms with van der Waals surface area (Å²) in [6.07, 6.45) is 1.17. The van der Waals surface area contributed by atoms with Crippen LogP contribution in [0.4, 0.5) is 4.39 Å². The first-order valence-corrected chi connectivity index (χ1v) is 11.0. The van der Waals surface area contributed by atoms with Crippen molar-refractivity contribution in [2.45, 2.75) is 45.4 Å². The minimum Gasteiger partial charge on any atom is -0.493 e. The van der Waals surface area contributed by atoms with Gasteiger partial charge in [-0.1, -0.05) is 6.07 Å². The second-order valence-corrected chi connectivity index (χ2v) is 8.43. The van der Waals surface area contributed by atoms with E-state index in [1.54, 1.807) is 19.2 Å². The molecule has 0 aliphatic carbocycles. The van der Waals surface area contributed by atoms with Gasteiger partial charge in [0.05, 0.1) is 24.6 Å². The molecule has 1 atom stereocenters. The smallest absolute Gasteiger partial charge is 0.161 e. The molecule has 1 aliphatic heterocycles. The van der Waals surface area contributed by atoms with E-state index in [1.807, 2.05) is 19.9 Å². The fourth-order valence-electron chi connectivity index (χ4n) is 3.99. The molecule has 1 aromatic heterocycles. The van der Waals surface area contributed by atoms with E-state index < -0.39 is 0 Å². The van der Waals surface area contributed by atoms with Crippen LogP contribution in [0.5, 0.6) is 17.2 Å². The van der Waals surface area contributed by atoms with Gasteiger partial charge in [-0.25, -0.2) is 4.39 Å². The monoisotopic (exact) mass is 439 g/mol. The average Bonchev–Trinajstić information content (AvgIpc) is 3.43. The van der Waals surface area contributed by atoms with E-state index in [4.69, 9.17) is 14.2 Å². The Morgan fingerprint density at radius 3 is 2.69 bits per heavy atom. The lowest BCUT2D eigenvalue weighted by Gasteiger charge is -2.18. The third-order valence-electron chi connectivity index (χ3n) is 5.55. The summed E-state index contributed by atoms with van der Waals surface area (Å²) in [7, 11) is 1.67. The summed E-state index contributed by atoms with van der Waals surface area (Å²) in [4.78, 5) is 2.44. The Hall–Kier alpha value is -3.06. The number of hydrogen-bond acceptors (Lipinski definition) is 5. The van der Waals surface area contributed by atoms with Crippen LogP contribution in [0, 0.1) is 5.82 Å². The van der Waals surface area contributed by atoms with Crippen molar-refractivity contribution < 1.29 is 18.6 Å². The summed E-state index contributed by atoms with van der Waals surface area (Å²) in [6, 6.07) is 14.2. The zero-order valence-electron chi connectivity index (χ0n) is 18.8. The van der Waals surface area contributed by atoms with Crippen LogP contribution in [-0.4, -0.2) is 41.4 Å². The van der Waals surface area contributed by atoms with E-state index in [-0.39, 0.29) is 11.9 Å². The zero-order valence-corrected chi connectivity index (χ0v) is 18.8. The highest BCUT2D eigenvalue weighted by Gasteiger charge is 2.26. The number of hydrogen-bond donors (Lipinski definition) is 1. The number of nitrogens with one attached hydrogen (secondary N) is 1. The fraction of sp³-hybridized carbons (Fsp3) is 0.400. The maximum absolute atomic E-state index is 13.0. The molecule has 2 aromatic carbocycles. The van der Waals surface area contributed by atoms with Crippen molar-refractivity contribution in [2.75, 3.05) is 20.2 Å². The lowest BCUT2D eigenvalue weighted by atomic mass is 10.1. The molecule has 4 rings (SSSR count). The van der Waals surface area contributed by atoms with Crippen LogP contribution in [0.25, 0.3) is 0 Å². The molecule has 1 aliphatic rings. The molecule has 32 heavy (non-hydrogen) atoms. The minimum atomic E-state index is -0.273. The van der Waals surface area contributed by atoms with Gasteiger partial charge in [0.1, 0.15) is 18.2 Å². The number of H-pyrrole nitrogens is 1. The molecule has 2 heterocycles. The number of aromatic nitrogens is 2. The Balaban J connectivity index is 1.31. The van der Waals surface area contributed by atoms with Gasteiger partial charge < -0.3 is 14.2 Å². The molecule has 7 heteroatoms. The molecule has 0 radical (unpaired) electrons. The molecule has 1 saturated heterocycles. The number of likely N-dealkylation sites (tertiary alicyclic amines) is 1. The Kier molecular flexibility index (Phi) is 6.95. The van der Waals surface area contributed by atoms with Gasteiger partial charge in [-0.05, 0) is 74.8 Å². The van der Waals surface area contributed by atoms with Crippen LogP contribution in [0.2, 0.25) is 0 Å². The molecule has 0 amide bonds. The van der Waals surface area contributed by atoms with Gasteiger partial charge >= 0.3 is 0 Å². The van der Waals surface area contributed by atoms with E-state index >= 15 is 0 Å². The summed E-state index contributed by atoms with van der Waals surface area (Å²) in [5.41, 5.74) is 3.17. The normalized spacial score (nSPS) is 16.5. The van der Waals surface area contributed by atoms with Crippen LogP contribution in [0.1, 0.15) is 43.1 Å². The van der Waals surface area contributed by atoms with Crippen LogP contribution < -0.4 is 14.2 Å². The van der Waals surface area contributed by atoms with E-state index in [2.05, 4.69) is 33.3 Å². The standard InChI is InChI=1S/C25H30FN3O3/c1-17(2)32-24-9-4-18(12-25(24)30-3)14-29-11-10-19(15-29)23-13-21(27-28-23)16-31-22-7-5-20(26)6-8-22/h4-9,12-13,17,19H,10-11,14-16H2,1-3H3,(H,27,28)/t19-/m0/s1. The molecule has 170 valence electrons. The van der Waals surface area contributed by atoms with E-state index in [9.17, 15) is 4.39 Å². The number of nitrogens with zero attached hydrogens (tertiary/aromatic N) is 2. The first-order valence-electron chi connectivity index (χ1n) is 11.0. The highest BCUT2D eigenvalue weighted by atomic mass is 19.1. The maximum atomic E-state index is 13.0. The topological polar surface area (TPSA) is 59.6 Å². The van der Waals surface area contributed by atoms with Crippen molar-refractivity contribution >= 4 is 0 Å². The summed E-state index contributed by atoms with van der Waals surface area (Å²) in [5.74, 6) is 2.29. The van der Waals surface area contributed by atoms with E-state index in [0.29, 0.717) is 18.3 Å². The quantitative estimate of drug-likeness (QED) is 0.513. The second-order valence-electron chi connectivity index (χ2n) is 8.43. The highest BCUT2D eigenvalue weighted by Crippen LogP contribution is 2.31. The molecule has 0 spiro atoms. The Bertz CT molecular complexity index is 1020. The van der Waals surface area contributed by atoms with Gasteiger partial charge in [-0.2, -0.15) is 5.10 Å². The Morgan fingerprint density at radius 1 is 1.12 bits per heavy atom. The molecule has 0 unspecified atom stereocenters. The minimum absolute atomic E-state index is 0.105. The average molecular weight is 440 g/mol. The summed E-state index contributed by atoms with van der Waals surface area (Å²) < 4.78 is 30.0. The molecular formula is C25H30FN3O3. The van der Waals surface area contributed by atoms with Gasteiger partial charge in [0.25, 0.3) is 0 Å². The predicted molar refractivity (Wildman–Crippen MR) is 121 cm³/mol. The van der Waals surface area contributed by atoms with Crippen molar-refractivity contribution in [2.24, 2.45) is 0 Å². The predicted octanol–water partition coefficient (Wildman–Crippen LogP) is 4.91. The van der Waals surface area contributed by atoms with Crippen LogP contribution >= 0.6 is 0 Å². The molecule has 3 aromatic rings. The first-order chi connectivity index (χ1) is 15.5. The lowest BCUT2D eigenvalue weighted by molar-refractivity contribution is 0.229. The number of methoxy groups -OCH3 is 1. The van der Waals surface area contributed by atoms with Crippen molar-refractivity contribution in [3.63, 3.8) is 0 Å². The van der Waals surface area contributed by atoms with E-state index in [0.717, 1.165) is 48.9 Å². The van der Waals surface area contributed by atoms with E-state index in [1.165, 1.54) is 17.7 Å². The van der Waals surface area contributed by atoms with Crippen molar-refractivity contribution in [3.05, 3.63) is 71.3 Å². The highest BCUT2D eigenvalue weighted by molar-refractivity contribution is 5.43. The molecule has 0 saturated carbocycles. The van der Waals surface area contributed by atoms with Crippen molar-refractivity contribution in [3.8, 4) is 17.2 Å². The summed E-state index contributed by atoms with van der Waals surface area (Å²) in [5, 5.41) is 7.57. The summed E-state index contributed by atoms with van der Waals surface area (Å²) >= 11 is 0. The third kappa shape index (κ3) is 5.59. The fourth-order valence-corrected chi connectivity index (χ4v) is 3.99. The number of ether oxygens (including phenoxy) is 3. The SMILES string of the molecule is COc1cc(CN2CC[C@H](c3cc(COc4ccc(F)cc4)[nH]n3)C2)ccc1OC(C)C. The summed E-state index contributed by atoms with van der Waals surface area (Å²) in [6.45, 7) is 7.22. The van der Waals surface area contributed by atoms with Gasteiger partial charge in [0.15, 0.2) is 11.5 Å². The Morgan fingerprint density at radius 2 is 1.94 bits per heavy atom. The number of rotatable bonds is 9. The second kappa shape index (κ2) is 10.0. The largest absolute Gasteiger partial charge is 0.493 e. The third-order valence-corrected chi connectivity index (χ3v) is 5.55. The molecular weight excluding hydrogens is 409 g/mol. The van der Waals surface area contributed by atoms with Gasteiger partial charge in [-0.15, -0.1) is 0 Å².